The number of carbonyl (C=O) groups is 3. The third-order valence-electron chi connectivity index (χ3n) is 12.7. The van der Waals surface area contributed by atoms with Crippen molar-refractivity contribution in [3.05, 3.63) is 24.3 Å². The lowest BCUT2D eigenvalue weighted by Crippen LogP contribution is -2.65. The fourth-order valence-corrected chi connectivity index (χ4v) is 9.40. The predicted molar refractivity (Wildman–Crippen MR) is 226 cm³/mol. The number of aldehydes is 1. The average molecular weight is 885 g/mol. The first-order chi connectivity index (χ1) is 29.2. The van der Waals surface area contributed by atoms with Gasteiger partial charge in [-0.05, 0) is 93.9 Å². The van der Waals surface area contributed by atoms with Gasteiger partial charge in [0.25, 0.3) is 0 Å². The smallest absolute Gasteiger partial charge is 0.309 e. The largest absolute Gasteiger partial charge is 0.462 e. The predicted octanol–water partition coefficient (Wildman–Crippen LogP) is 2.90. The van der Waals surface area contributed by atoms with Crippen molar-refractivity contribution in [1.29, 1.82) is 0 Å². The van der Waals surface area contributed by atoms with Gasteiger partial charge in [0, 0.05) is 39.3 Å². The summed E-state index contributed by atoms with van der Waals surface area (Å²) < 4.78 is 56.3. The van der Waals surface area contributed by atoms with Gasteiger partial charge in [-0.2, -0.15) is 0 Å². The topological polar surface area (TPSA) is 201 Å². The third-order valence-corrected chi connectivity index (χ3v) is 12.7. The van der Waals surface area contributed by atoms with Crippen LogP contribution in [0.5, 0.6) is 0 Å². The molecule has 3 N–H and O–H groups in total. The molecule has 0 bridgehead atoms. The molecule has 0 spiro atoms. The summed E-state index contributed by atoms with van der Waals surface area (Å²) in [5.74, 6) is -2.21. The summed E-state index contributed by atoms with van der Waals surface area (Å²) in [5.41, 5.74) is -1.49. The first-order valence-electron chi connectivity index (χ1n) is 22.2. The zero-order chi connectivity index (χ0) is 46.1. The minimum atomic E-state index is -1.49. The number of aliphatic hydroxyl groups excluding tert-OH is 2. The Balaban J connectivity index is 1.73. The maximum absolute atomic E-state index is 13.4. The second-order valence-corrected chi connectivity index (χ2v) is 18.4. The molecule has 3 fully saturated rings. The summed E-state index contributed by atoms with van der Waals surface area (Å²) in [6, 6.07) is -0.509. The molecule has 4 aliphatic rings. The summed E-state index contributed by atoms with van der Waals surface area (Å²) in [7, 11) is 9.02. The van der Waals surface area contributed by atoms with Crippen molar-refractivity contribution >= 4 is 18.2 Å². The number of methoxy groups -OCH3 is 1. The number of likely N-dealkylation sites (N-methyl/N-ethyl adjacent to an activating group) is 2. The quantitative estimate of drug-likeness (QED) is 0.191. The SMILES string of the molecule is CO[C@@H]1[C@@H](O[C@@H]2O[C@H](C)[C@@H](O[C@H]3C[C@@](C)(O)[C@@H](O)[C@H](C)O3)[C@H](N(C)C)[C@H]2O)[C@@H](CC=O)C[C@@H](C)[C@@H](O[C@@H]2CC[C@H](N(C)C)[C@@H](C)O2)C=CC=CC[C@@H](C)OC(=O)C[C@H]1OC(C)=O. The van der Waals surface area contributed by atoms with Crippen molar-refractivity contribution in [2.24, 2.45) is 11.8 Å². The van der Waals surface area contributed by atoms with Crippen LogP contribution in [0.2, 0.25) is 0 Å². The zero-order valence-electron chi connectivity index (χ0n) is 38.9. The standard InChI is InChI=1S/C45H76N2O15/c1-25-22-31(20-21-48)41(62-44-39(51)38(47(10)11)40(28(4)58-44)61-37-24-45(7,53)43(52)29(5)57-37)42(54-12)34(59-30(6)49)23-35(50)55-26(2)16-14-13-15-17-33(25)60-36-19-18-32(46(8)9)27(3)56-36/h13-15,17,21,25-29,31-34,36-44,51-53H,16,18-20,22-24H2,1-12H3/t25-,26-,27-,28-,29+,31+,32+,33+,34-,36-,37+,38-,39-,40-,41+,42+,43+,44+,45-/m1/s1. The number of ether oxygens (including phenoxy) is 9. The summed E-state index contributed by atoms with van der Waals surface area (Å²) in [6.45, 7) is 12.0. The molecule has 4 aliphatic heterocycles. The van der Waals surface area contributed by atoms with Crippen molar-refractivity contribution in [3.63, 3.8) is 0 Å². The molecular formula is C45H76N2O15. The monoisotopic (exact) mass is 885 g/mol. The van der Waals surface area contributed by atoms with E-state index in [0.29, 0.717) is 19.3 Å². The van der Waals surface area contributed by atoms with Gasteiger partial charge < -0.3 is 72.5 Å². The van der Waals surface area contributed by atoms with Crippen molar-refractivity contribution < 1.29 is 72.3 Å². The first-order valence-corrected chi connectivity index (χ1v) is 22.2. The minimum absolute atomic E-state index is 0.0293. The number of nitrogens with zero attached hydrogens (tertiary/aromatic N) is 2. The molecule has 0 aromatic carbocycles. The van der Waals surface area contributed by atoms with E-state index in [0.717, 1.165) is 12.7 Å². The van der Waals surface area contributed by atoms with Gasteiger partial charge in [0.05, 0.1) is 48.6 Å². The van der Waals surface area contributed by atoms with E-state index in [2.05, 4.69) is 4.90 Å². The number of hydrogen-bond acceptors (Lipinski definition) is 17. The lowest BCUT2D eigenvalue weighted by atomic mass is 9.82. The van der Waals surface area contributed by atoms with Gasteiger partial charge in [0.1, 0.15) is 42.9 Å². The van der Waals surface area contributed by atoms with Crippen LogP contribution in [0.1, 0.15) is 93.4 Å². The van der Waals surface area contributed by atoms with Crippen molar-refractivity contribution in [1.82, 2.24) is 9.80 Å². The summed E-state index contributed by atoms with van der Waals surface area (Å²) in [5, 5.41) is 33.6. The van der Waals surface area contributed by atoms with Crippen molar-refractivity contribution in [2.45, 2.75) is 197 Å². The number of aliphatic hydroxyl groups is 3. The summed E-state index contributed by atoms with van der Waals surface area (Å²) in [4.78, 5) is 42.7. The molecule has 19 atom stereocenters. The Hall–Kier alpha value is -2.39. The molecule has 17 heteroatoms. The maximum atomic E-state index is 13.4. The van der Waals surface area contributed by atoms with Gasteiger partial charge in [-0.3, -0.25) is 9.59 Å². The molecule has 0 aliphatic carbocycles. The fraction of sp³-hybridized carbons (Fsp3) is 0.844. The molecule has 0 aromatic heterocycles. The van der Waals surface area contributed by atoms with Crippen LogP contribution in [0.25, 0.3) is 0 Å². The lowest BCUT2D eigenvalue weighted by molar-refractivity contribution is -0.344. The number of hydrogen-bond donors (Lipinski definition) is 3. The molecule has 0 saturated carbocycles. The van der Waals surface area contributed by atoms with Gasteiger partial charge in [-0.25, -0.2) is 0 Å². The Morgan fingerprint density at radius 2 is 1.60 bits per heavy atom. The number of esters is 2. The van der Waals surface area contributed by atoms with Gasteiger partial charge in [-0.15, -0.1) is 0 Å². The normalized spacial score (nSPS) is 43.0. The molecule has 0 unspecified atom stereocenters. The fourth-order valence-electron chi connectivity index (χ4n) is 9.40. The Morgan fingerprint density at radius 3 is 2.19 bits per heavy atom. The maximum Gasteiger partial charge on any atom is 0.309 e. The zero-order valence-corrected chi connectivity index (χ0v) is 38.9. The highest BCUT2D eigenvalue weighted by Gasteiger charge is 2.52. The molecule has 62 heavy (non-hydrogen) atoms. The van der Waals surface area contributed by atoms with E-state index in [1.807, 2.05) is 52.2 Å². The molecular weight excluding hydrogens is 808 g/mol. The molecule has 0 aromatic rings. The van der Waals surface area contributed by atoms with Crippen molar-refractivity contribution in [3.8, 4) is 0 Å². The van der Waals surface area contributed by atoms with Gasteiger partial charge in [0.2, 0.25) is 0 Å². The van der Waals surface area contributed by atoms with Crippen LogP contribution in [-0.2, 0) is 57.0 Å². The van der Waals surface area contributed by atoms with Gasteiger partial charge >= 0.3 is 11.9 Å². The van der Waals surface area contributed by atoms with Crippen LogP contribution >= 0.6 is 0 Å². The van der Waals surface area contributed by atoms with E-state index < -0.39 is 109 Å². The van der Waals surface area contributed by atoms with Crippen LogP contribution in [0.4, 0.5) is 0 Å². The Morgan fingerprint density at radius 1 is 0.903 bits per heavy atom. The van der Waals surface area contributed by atoms with Crippen LogP contribution in [0.3, 0.4) is 0 Å². The first kappa shape index (κ1) is 52.2. The summed E-state index contributed by atoms with van der Waals surface area (Å²) in [6.07, 6.45) is -1.81. The van der Waals surface area contributed by atoms with Crippen LogP contribution in [0, 0.1) is 11.8 Å². The van der Waals surface area contributed by atoms with E-state index >= 15 is 0 Å². The number of allylic oxidation sites excluding steroid dienone is 2. The van der Waals surface area contributed by atoms with Crippen LogP contribution in [0.15, 0.2) is 24.3 Å². The second-order valence-electron chi connectivity index (χ2n) is 18.4. The van der Waals surface area contributed by atoms with Crippen LogP contribution in [-0.4, -0.2) is 182 Å². The molecule has 0 radical (unpaired) electrons. The number of rotatable bonds is 12. The molecule has 356 valence electrons. The van der Waals surface area contributed by atoms with Gasteiger partial charge in [0.15, 0.2) is 18.9 Å². The average Bonchev–Trinajstić information content (AvgIpc) is 3.16. The Labute approximate surface area is 368 Å². The second kappa shape index (κ2) is 23.7. The number of carbonyl (C=O) groups excluding carboxylic acids is 3. The van der Waals surface area contributed by atoms with E-state index in [1.165, 1.54) is 21.0 Å². The molecule has 0 amide bonds. The van der Waals surface area contributed by atoms with E-state index in [9.17, 15) is 29.7 Å². The lowest BCUT2D eigenvalue weighted by Gasteiger charge is -2.50. The molecule has 17 nitrogen and oxygen atoms in total. The van der Waals surface area contributed by atoms with Gasteiger partial charge in [-0.1, -0.05) is 31.2 Å². The Kier molecular flexibility index (Phi) is 20.0. The van der Waals surface area contributed by atoms with E-state index in [-0.39, 0.29) is 37.3 Å². The van der Waals surface area contributed by atoms with E-state index in [4.69, 9.17) is 42.6 Å². The highest BCUT2D eigenvalue weighted by molar-refractivity contribution is 5.72. The molecule has 4 rings (SSSR count). The molecule has 4 heterocycles. The summed E-state index contributed by atoms with van der Waals surface area (Å²) >= 11 is 0. The minimum Gasteiger partial charge on any atom is -0.462 e. The third kappa shape index (κ3) is 14.1. The van der Waals surface area contributed by atoms with Crippen LogP contribution < -0.4 is 0 Å². The van der Waals surface area contributed by atoms with E-state index in [1.54, 1.807) is 39.8 Å². The highest BCUT2D eigenvalue weighted by Crippen LogP contribution is 2.38. The highest BCUT2D eigenvalue weighted by atomic mass is 16.7. The number of cyclic esters (lactones) is 1. The van der Waals surface area contributed by atoms with Crippen molar-refractivity contribution in [2.75, 3.05) is 35.3 Å². The Bertz CT molecular complexity index is 1480. The molecule has 3 saturated heterocycles.